The van der Waals surface area contributed by atoms with Crippen LogP contribution in [0, 0.1) is 11.3 Å². The van der Waals surface area contributed by atoms with Gasteiger partial charge in [-0.05, 0) is 32.1 Å². The maximum Gasteiger partial charge on any atom is 0.335 e. The molecule has 4 nitrogen and oxygen atoms in total. The highest BCUT2D eigenvalue weighted by atomic mass is 16.5. The number of carbonyl (C=O) groups excluding carboxylic acids is 1. The van der Waals surface area contributed by atoms with Crippen molar-refractivity contribution >= 4 is 5.97 Å². The summed E-state index contributed by atoms with van der Waals surface area (Å²) >= 11 is 0. The minimum Gasteiger partial charge on any atom is -0.464 e. The zero-order valence-electron chi connectivity index (χ0n) is 9.53. The van der Waals surface area contributed by atoms with Gasteiger partial charge in [-0.3, -0.25) is 0 Å². The molecule has 1 saturated carbocycles. The van der Waals surface area contributed by atoms with Crippen LogP contribution in [0.3, 0.4) is 0 Å². The van der Waals surface area contributed by atoms with Gasteiger partial charge in [0.05, 0.1) is 6.61 Å². The maximum absolute atomic E-state index is 11.5. The van der Waals surface area contributed by atoms with E-state index in [2.05, 4.69) is 6.92 Å². The Labute approximate surface area is 90.8 Å². The zero-order chi connectivity index (χ0) is 11.5. The molecule has 0 aliphatic heterocycles. The van der Waals surface area contributed by atoms with E-state index in [9.17, 15) is 9.90 Å². The van der Waals surface area contributed by atoms with Gasteiger partial charge in [0.1, 0.15) is 0 Å². The molecule has 0 bridgehead atoms. The molecule has 3 unspecified atom stereocenters. The molecule has 4 heteroatoms. The van der Waals surface area contributed by atoms with Crippen LogP contribution >= 0.6 is 0 Å². The summed E-state index contributed by atoms with van der Waals surface area (Å²) in [4.78, 5) is 11.5. The molecule has 0 radical (unpaired) electrons. The highest BCUT2D eigenvalue weighted by Gasteiger charge is 2.46. The van der Waals surface area contributed by atoms with Crippen LogP contribution in [0.5, 0.6) is 0 Å². The summed E-state index contributed by atoms with van der Waals surface area (Å²) < 4.78 is 4.83. The predicted molar refractivity (Wildman–Crippen MR) is 57.1 cm³/mol. The fourth-order valence-electron chi connectivity index (χ4n) is 2.45. The van der Waals surface area contributed by atoms with Crippen LogP contribution in [0.15, 0.2) is 0 Å². The first kappa shape index (κ1) is 12.5. The molecule has 88 valence electrons. The first-order valence-electron chi connectivity index (χ1n) is 5.60. The minimum absolute atomic E-state index is 0.298. The topological polar surface area (TPSA) is 72.5 Å². The largest absolute Gasteiger partial charge is 0.464 e. The van der Waals surface area contributed by atoms with E-state index in [1.165, 1.54) is 0 Å². The molecule has 3 N–H and O–H groups in total. The number of rotatable bonds is 4. The summed E-state index contributed by atoms with van der Waals surface area (Å²) in [5, 5.41) is 9.96. The van der Waals surface area contributed by atoms with Gasteiger partial charge in [0.25, 0.3) is 0 Å². The Bertz CT molecular complexity index is 232. The Balaban J connectivity index is 2.69. The first-order chi connectivity index (χ1) is 7.05. The SMILES string of the molecule is CCOC(=O)C(O)C1(CN)CCC(C)C1. The molecule has 1 aliphatic rings. The number of aliphatic hydroxyl groups is 1. The molecule has 0 amide bonds. The van der Waals surface area contributed by atoms with Gasteiger partial charge in [-0.1, -0.05) is 6.92 Å². The second-order valence-electron chi connectivity index (χ2n) is 4.57. The van der Waals surface area contributed by atoms with Crippen molar-refractivity contribution < 1.29 is 14.6 Å². The average Bonchev–Trinajstić information content (AvgIpc) is 2.60. The van der Waals surface area contributed by atoms with Crippen molar-refractivity contribution in [1.82, 2.24) is 0 Å². The van der Waals surface area contributed by atoms with E-state index in [-0.39, 0.29) is 0 Å². The molecule has 0 heterocycles. The van der Waals surface area contributed by atoms with E-state index >= 15 is 0 Å². The van der Waals surface area contributed by atoms with Crippen molar-refractivity contribution in [2.45, 2.75) is 39.2 Å². The predicted octanol–water partition coefficient (Wildman–Crippen LogP) is 0.675. The van der Waals surface area contributed by atoms with E-state index in [0.717, 1.165) is 19.3 Å². The zero-order valence-corrected chi connectivity index (χ0v) is 9.53. The molecule has 3 atom stereocenters. The molecular weight excluding hydrogens is 194 g/mol. The van der Waals surface area contributed by atoms with Gasteiger partial charge >= 0.3 is 5.97 Å². The number of hydrogen-bond donors (Lipinski definition) is 2. The number of esters is 1. The lowest BCUT2D eigenvalue weighted by Crippen LogP contribution is -2.45. The van der Waals surface area contributed by atoms with E-state index in [0.29, 0.717) is 19.1 Å². The molecule has 1 aliphatic carbocycles. The van der Waals surface area contributed by atoms with Gasteiger partial charge < -0.3 is 15.6 Å². The number of hydrogen-bond acceptors (Lipinski definition) is 4. The fourth-order valence-corrected chi connectivity index (χ4v) is 2.45. The lowest BCUT2D eigenvalue weighted by molar-refractivity contribution is -0.160. The van der Waals surface area contributed by atoms with Crippen LogP contribution in [0.4, 0.5) is 0 Å². The fraction of sp³-hybridized carbons (Fsp3) is 0.909. The summed E-state index contributed by atoms with van der Waals surface area (Å²) in [6.45, 7) is 4.50. The number of nitrogens with two attached hydrogens (primary N) is 1. The first-order valence-corrected chi connectivity index (χ1v) is 5.60. The third-order valence-electron chi connectivity index (χ3n) is 3.39. The minimum atomic E-state index is -1.06. The molecule has 15 heavy (non-hydrogen) atoms. The maximum atomic E-state index is 11.5. The van der Waals surface area contributed by atoms with Crippen molar-refractivity contribution in [3.63, 3.8) is 0 Å². The number of aliphatic hydroxyl groups excluding tert-OH is 1. The Morgan fingerprint density at radius 2 is 2.40 bits per heavy atom. The van der Waals surface area contributed by atoms with Crippen molar-refractivity contribution in [2.75, 3.05) is 13.2 Å². The van der Waals surface area contributed by atoms with E-state index in [1.54, 1.807) is 6.92 Å². The third kappa shape index (κ3) is 2.49. The van der Waals surface area contributed by atoms with Crippen molar-refractivity contribution in [3.8, 4) is 0 Å². The standard InChI is InChI=1S/C11H21NO3/c1-3-15-10(14)9(13)11(7-12)5-4-8(2)6-11/h8-9,13H,3-7,12H2,1-2H3. The summed E-state index contributed by atoms with van der Waals surface area (Å²) in [6.07, 6.45) is 1.58. The van der Waals surface area contributed by atoms with Gasteiger partial charge in [-0.15, -0.1) is 0 Å². The number of ether oxygens (including phenoxy) is 1. The van der Waals surface area contributed by atoms with Crippen LogP contribution in [-0.4, -0.2) is 30.3 Å². The van der Waals surface area contributed by atoms with Crippen LogP contribution < -0.4 is 5.73 Å². The Morgan fingerprint density at radius 1 is 1.73 bits per heavy atom. The van der Waals surface area contributed by atoms with E-state index < -0.39 is 17.5 Å². The highest BCUT2D eigenvalue weighted by Crippen LogP contribution is 2.43. The summed E-state index contributed by atoms with van der Waals surface area (Å²) in [6, 6.07) is 0. The summed E-state index contributed by atoms with van der Waals surface area (Å²) in [5.74, 6) is -0.00493. The molecule has 0 spiro atoms. The van der Waals surface area contributed by atoms with Crippen LogP contribution in [-0.2, 0) is 9.53 Å². The molecule has 1 fully saturated rings. The lowest BCUT2D eigenvalue weighted by atomic mass is 9.79. The molecule has 0 saturated heterocycles. The summed E-state index contributed by atoms with van der Waals surface area (Å²) in [5.41, 5.74) is 5.25. The van der Waals surface area contributed by atoms with Gasteiger partial charge in [-0.2, -0.15) is 0 Å². The Hall–Kier alpha value is -0.610. The van der Waals surface area contributed by atoms with Gasteiger partial charge in [-0.25, -0.2) is 4.79 Å². The smallest absolute Gasteiger partial charge is 0.335 e. The molecule has 1 rings (SSSR count). The Morgan fingerprint density at radius 3 is 2.80 bits per heavy atom. The Kier molecular flexibility index (Phi) is 4.11. The van der Waals surface area contributed by atoms with Crippen molar-refractivity contribution in [3.05, 3.63) is 0 Å². The quantitative estimate of drug-likeness (QED) is 0.676. The molecule has 0 aromatic heterocycles. The molecule has 0 aromatic rings. The van der Waals surface area contributed by atoms with Gasteiger partial charge in [0.15, 0.2) is 6.10 Å². The van der Waals surface area contributed by atoms with E-state index in [4.69, 9.17) is 10.5 Å². The second kappa shape index (κ2) is 4.94. The van der Waals surface area contributed by atoms with Crippen LogP contribution in [0.2, 0.25) is 0 Å². The average molecular weight is 215 g/mol. The van der Waals surface area contributed by atoms with Crippen molar-refractivity contribution in [2.24, 2.45) is 17.1 Å². The van der Waals surface area contributed by atoms with Gasteiger partial charge in [0.2, 0.25) is 0 Å². The summed E-state index contributed by atoms with van der Waals surface area (Å²) in [7, 11) is 0. The monoisotopic (exact) mass is 215 g/mol. The highest BCUT2D eigenvalue weighted by molar-refractivity contribution is 5.75. The van der Waals surface area contributed by atoms with Crippen LogP contribution in [0.1, 0.15) is 33.1 Å². The molecule has 0 aromatic carbocycles. The normalized spacial score (nSPS) is 32.7. The third-order valence-corrected chi connectivity index (χ3v) is 3.39. The lowest BCUT2D eigenvalue weighted by Gasteiger charge is -2.31. The van der Waals surface area contributed by atoms with Crippen LogP contribution in [0.25, 0.3) is 0 Å². The number of carbonyl (C=O) groups is 1. The second-order valence-corrected chi connectivity index (χ2v) is 4.57. The molecular formula is C11H21NO3. The van der Waals surface area contributed by atoms with Crippen molar-refractivity contribution in [1.29, 1.82) is 0 Å². The van der Waals surface area contributed by atoms with Gasteiger partial charge in [0, 0.05) is 12.0 Å². The van der Waals surface area contributed by atoms with E-state index in [1.807, 2.05) is 0 Å².